The van der Waals surface area contributed by atoms with Gasteiger partial charge in [0, 0.05) is 11.6 Å². The van der Waals surface area contributed by atoms with Crippen LogP contribution in [0.1, 0.15) is 41.5 Å². The van der Waals surface area contributed by atoms with Gasteiger partial charge in [-0.2, -0.15) is 0 Å². The first kappa shape index (κ1) is 18.1. The maximum absolute atomic E-state index is 12.8. The number of hydrogen-bond acceptors (Lipinski definition) is 4. The summed E-state index contributed by atoms with van der Waals surface area (Å²) in [5, 5.41) is 12.3. The molecular weight excluding hydrogens is 322 g/mol. The molecule has 7 nitrogen and oxygen atoms in total. The Labute approximate surface area is 145 Å². The Kier molecular flexibility index (Phi) is 5.17. The highest BCUT2D eigenvalue weighted by atomic mass is 16.6. The Morgan fingerprint density at radius 3 is 2.12 bits per heavy atom. The summed E-state index contributed by atoms with van der Waals surface area (Å²) in [5.41, 5.74) is 1.75. The SMILES string of the molecule is CC(C)(C)N(NC(=O)c1ccccc1[N+](=O)[O-])C(=O)c1ccccc1. The van der Waals surface area contributed by atoms with Crippen molar-refractivity contribution in [3.05, 3.63) is 75.8 Å². The lowest BCUT2D eigenvalue weighted by Crippen LogP contribution is -2.55. The smallest absolute Gasteiger partial charge is 0.267 e. The van der Waals surface area contributed by atoms with Crippen LogP contribution < -0.4 is 5.43 Å². The fraction of sp³-hybridized carbons (Fsp3) is 0.222. The minimum atomic E-state index is -0.730. The van der Waals surface area contributed by atoms with E-state index in [0.717, 1.165) is 0 Å². The molecule has 0 saturated carbocycles. The maximum atomic E-state index is 12.8. The number of nitrogens with zero attached hydrogens (tertiary/aromatic N) is 2. The van der Waals surface area contributed by atoms with E-state index < -0.39 is 22.3 Å². The Morgan fingerprint density at radius 1 is 1.00 bits per heavy atom. The molecule has 0 fully saturated rings. The number of carbonyl (C=O) groups excluding carboxylic acids is 2. The second-order valence-corrected chi connectivity index (χ2v) is 6.39. The molecule has 0 heterocycles. The quantitative estimate of drug-likeness (QED) is 0.685. The number of rotatable bonds is 3. The zero-order valence-electron chi connectivity index (χ0n) is 14.2. The first-order chi connectivity index (χ1) is 11.7. The molecule has 0 aromatic heterocycles. The molecule has 25 heavy (non-hydrogen) atoms. The molecule has 0 atom stereocenters. The van der Waals surface area contributed by atoms with Gasteiger partial charge < -0.3 is 0 Å². The van der Waals surface area contributed by atoms with E-state index in [-0.39, 0.29) is 11.3 Å². The zero-order valence-corrected chi connectivity index (χ0v) is 14.2. The second-order valence-electron chi connectivity index (χ2n) is 6.39. The van der Waals surface area contributed by atoms with Crippen molar-refractivity contribution in [2.24, 2.45) is 0 Å². The molecule has 130 valence electrons. The van der Waals surface area contributed by atoms with E-state index in [9.17, 15) is 19.7 Å². The average Bonchev–Trinajstić information content (AvgIpc) is 2.58. The van der Waals surface area contributed by atoms with Crippen molar-refractivity contribution in [3.63, 3.8) is 0 Å². The summed E-state index contributed by atoms with van der Waals surface area (Å²) in [7, 11) is 0. The summed E-state index contributed by atoms with van der Waals surface area (Å²) < 4.78 is 0. The molecule has 1 N–H and O–H groups in total. The van der Waals surface area contributed by atoms with Gasteiger partial charge in [0.1, 0.15) is 5.56 Å². The van der Waals surface area contributed by atoms with Gasteiger partial charge in [-0.1, -0.05) is 30.3 Å². The molecule has 7 heteroatoms. The monoisotopic (exact) mass is 341 g/mol. The predicted octanol–water partition coefficient (Wildman–Crippen LogP) is 3.18. The highest BCUT2D eigenvalue weighted by molar-refractivity contribution is 6.01. The van der Waals surface area contributed by atoms with Crippen LogP contribution in [0.3, 0.4) is 0 Å². The number of amides is 2. The van der Waals surface area contributed by atoms with Gasteiger partial charge >= 0.3 is 0 Å². The van der Waals surface area contributed by atoms with Crippen molar-refractivity contribution in [2.45, 2.75) is 26.3 Å². The van der Waals surface area contributed by atoms with Gasteiger partial charge in [-0.15, -0.1) is 0 Å². The molecule has 0 aliphatic rings. The number of nitro benzene ring substituents is 1. The van der Waals surface area contributed by atoms with E-state index >= 15 is 0 Å². The third kappa shape index (κ3) is 4.20. The van der Waals surface area contributed by atoms with Crippen LogP contribution in [0.15, 0.2) is 54.6 Å². The number of nitrogens with one attached hydrogen (secondary N) is 1. The van der Waals surface area contributed by atoms with Crippen molar-refractivity contribution >= 4 is 17.5 Å². The number of nitro groups is 1. The van der Waals surface area contributed by atoms with Gasteiger partial charge in [0.2, 0.25) is 0 Å². The highest BCUT2D eigenvalue weighted by Crippen LogP contribution is 2.20. The van der Waals surface area contributed by atoms with Crippen molar-refractivity contribution in [3.8, 4) is 0 Å². The molecule has 0 unspecified atom stereocenters. The summed E-state index contributed by atoms with van der Waals surface area (Å²) in [6.07, 6.45) is 0. The van der Waals surface area contributed by atoms with E-state index in [1.165, 1.54) is 29.3 Å². The lowest BCUT2D eigenvalue weighted by Gasteiger charge is -2.35. The van der Waals surface area contributed by atoms with E-state index in [0.29, 0.717) is 5.56 Å². The molecule has 2 aromatic rings. The van der Waals surface area contributed by atoms with Crippen LogP contribution in [0.5, 0.6) is 0 Å². The minimum absolute atomic E-state index is 0.109. The van der Waals surface area contributed by atoms with E-state index in [4.69, 9.17) is 0 Å². The van der Waals surface area contributed by atoms with Gasteiger partial charge in [0.15, 0.2) is 0 Å². The summed E-state index contributed by atoms with van der Waals surface area (Å²) in [5.74, 6) is -1.12. The molecule has 0 bridgehead atoms. The van der Waals surface area contributed by atoms with E-state index in [1.807, 2.05) is 0 Å². The zero-order chi connectivity index (χ0) is 18.6. The van der Waals surface area contributed by atoms with Crippen LogP contribution in [0.4, 0.5) is 5.69 Å². The number of carbonyl (C=O) groups is 2. The summed E-state index contributed by atoms with van der Waals surface area (Å²) >= 11 is 0. The first-order valence-electron chi connectivity index (χ1n) is 7.66. The fourth-order valence-corrected chi connectivity index (χ4v) is 2.22. The van der Waals surface area contributed by atoms with Gasteiger partial charge in [-0.05, 0) is 39.0 Å². The third-order valence-corrected chi connectivity index (χ3v) is 3.45. The number of hydrazine groups is 1. The molecule has 2 aromatic carbocycles. The molecule has 0 saturated heterocycles. The first-order valence-corrected chi connectivity index (χ1v) is 7.66. The van der Waals surface area contributed by atoms with Gasteiger partial charge in [0.05, 0.1) is 10.5 Å². The van der Waals surface area contributed by atoms with Crippen molar-refractivity contribution in [1.82, 2.24) is 10.4 Å². The Balaban J connectivity index is 2.34. The van der Waals surface area contributed by atoms with Crippen LogP contribution in [0.2, 0.25) is 0 Å². The van der Waals surface area contributed by atoms with Crippen LogP contribution in [-0.2, 0) is 0 Å². The van der Waals surface area contributed by atoms with E-state index in [1.54, 1.807) is 51.1 Å². The fourth-order valence-electron chi connectivity index (χ4n) is 2.22. The topological polar surface area (TPSA) is 92.6 Å². The lowest BCUT2D eigenvalue weighted by atomic mass is 10.1. The van der Waals surface area contributed by atoms with Crippen LogP contribution in [0.25, 0.3) is 0 Å². The van der Waals surface area contributed by atoms with Crippen LogP contribution in [-0.4, -0.2) is 27.3 Å². The molecule has 0 radical (unpaired) electrons. The van der Waals surface area contributed by atoms with Crippen molar-refractivity contribution < 1.29 is 14.5 Å². The van der Waals surface area contributed by atoms with Crippen LogP contribution in [0, 0.1) is 10.1 Å². The van der Waals surface area contributed by atoms with Crippen molar-refractivity contribution in [1.29, 1.82) is 0 Å². The molecule has 2 rings (SSSR count). The predicted molar refractivity (Wildman–Crippen MR) is 92.9 cm³/mol. The van der Waals surface area contributed by atoms with Gasteiger partial charge in [-0.3, -0.25) is 25.1 Å². The molecule has 0 aliphatic carbocycles. The molecule has 2 amide bonds. The highest BCUT2D eigenvalue weighted by Gasteiger charge is 2.31. The van der Waals surface area contributed by atoms with Crippen molar-refractivity contribution in [2.75, 3.05) is 0 Å². The lowest BCUT2D eigenvalue weighted by molar-refractivity contribution is -0.385. The Hall–Kier alpha value is -3.22. The minimum Gasteiger partial charge on any atom is -0.267 e. The maximum Gasteiger partial charge on any atom is 0.282 e. The standard InChI is InChI=1S/C18H19N3O4/c1-18(2,3)20(17(23)13-9-5-4-6-10-13)19-16(22)14-11-7-8-12-15(14)21(24)25/h4-12H,1-3H3,(H,19,22). The summed E-state index contributed by atoms with van der Waals surface area (Å²) in [6.45, 7) is 5.27. The van der Waals surface area contributed by atoms with Gasteiger partial charge in [0.25, 0.3) is 17.5 Å². The third-order valence-electron chi connectivity index (χ3n) is 3.45. The molecule has 0 aliphatic heterocycles. The summed E-state index contributed by atoms with van der Waals surface area (Å²) in [4.78, 5) is 35.8. The Bertz CT molecular complexity index is 797. The van der Waals surface area contributed by atoms with Gasteiger partial charge in [-0.25, -0.2) is 5.01 Å². The largest absolute Gasteiger partial charge is 0.282 e. The molecular formula is C18H19N3O4. The number of para-hydroxylation sites is 1. The Morgan fingerprint density at radius 2 is 1.56 bits per heavy atom. The number of hydrogen-bond donors (Lipinski definition) is 1. The van der Waals surface area contributed by atoms with E-state index in [2.05, 4.69) is 5.43 Å². The second kappa shape index (κ2) is 7.12. The average molecular weight is 341 g/mol. The normalized spacial score (nSPS) is 10.8. The summed E-state index contributed by atoms with van der Waals surface area (Å²) in [6, 6.07) is 14.1. The number of benzene rings is 2. The van der Waals surface area contributed by atoms with Crippen LogP contribution >= 0.6 is 0 Å². The molecule has 0 spiro atoms.